The molecule has 0 saturated heterocycles. The minimum absolute atomic E-state index is 0.412. The van der Waals surface area contributed by atoms with Crippen molar-refractivity contribution in [1.82, 2.24) is 5.32 Å². The summed E-state index contributed by atoms with van der Waals surface area (Å²) in [5, 5.41) is 13.5. The molecule has 0 aromatic heterocycles. The van der Waals surface area contributed by atoms with E-state index >= 15 is 0 Å². The van der Waals surface area contributed by atoms with E-state index < -0.39 is 0 Å². The molecule has 0 spiro atoms. The lowest BCUT2D eigenvalue weighted by molar-refractivity contribution is 0.205. The third-order valence-corrected chi connectivity index (χ3v) is 5.10. The second-order valence-corrected chi connectivity index (χ2v) is 6.27. The summed E-state index contributed by atoms with van der Waals surface area (Å²) in [4.78, 5) is 0. The molecule has 1 aliphatic carbocycles. The third kappa shape index (κ3) is 2.64. The van der Waals surface area contributed by atoms with E-state index in [0.29, 0.717) is 11.8 Å². The van der Waals surface area contributed by atoms with Crippen molar-refractivity contribution in [3.63, 3.8) is 0 Å². The Bertz CT molecular complexity index is 443. The summed E-state index contributed by atoms with van der Waals surface area (Å²) < 4.78 is 0. The maximum Gasteiger partial charge on any atom is 0.115 e. The fourth-order valence-corrected chi connectivity index (χ4v) is 4.00. The highest BCUT2D eigenvalue weighted by molar-refractivity contribution is 5.39. The summed E-state index contributed by atoms with van der Waals surface area (Å²) >= 11 is 0. The van der Waals surface area contributed by atoms with Gasteiger partial charge in [0.1, 0.15) is 5.75 Å². The Balaban J connectivity index is 1.84. The first-order valence-electron chi connectivity index (χ1n) is 7.83. The van der Waals surface area contributed by atoms with Crippen molar-refractivity contribution in [3.05, 3.63) is 29.3 Å². The van der Waals surface area contributed by atoms with Crippen LogP contribution in [0, 0.1) is 11.8 Å². The van der Waals surface area contributed by atoms with Gasteiger partial charge in [0.15, 0.2) is 0 Å². The standard InChI is InChI=1S/C17H25NO/c1-2-12-4-3-5-14(10-12)17-16-11-15(19)7-6-13(16)8-9-18-17/h6-7,11-12,14,17-19H,2-5,8-10H2,1H3. The van der Waals surface area contributed by atoms with Crippen LogP contribution in [0.25, 0.3) is 0 Å². The monoisotopic (exact) mass is 259 g/mol. The zero-order valence-electron chi connectivity index (χ0n) is 11.9. The number of rotatable bonds is 2. The SMILES string of the molecule is CCC1CCCC(C2NCCc3ccc(O)cc32)C1. The van der Waals surface area contributed by atoms with Gasteiger partial charge in [-0.3, -0.25) is 0 Å². The third-order valence-electron chi connectivity index (χ3n) is 5.10. The zero-order valence-corrected chi connectivity index (χ0v) is 11.9. The van der Waals surface area contributed by atoms with Crippen molar-refractivity contribution in [2.24, 2.45) is 11.8 Å². The first-order valence-corrected chi connectivity index (χ1v) is 7.83. The molecule has 2 nitrogen and oxygen atoms in total. The van der Waals surface area contributed by atoms with Crippen LogP contribution >= 0.6 is 0 Å². The van der Waals surface area contributed by atoms with Crippen LogP contribution in [0.3, 0.4) is 0 Å². The van der Waals surface area contributed by atoms with Crippen LogP contribution in [0.2, 0.25) is 0 Å². The van der Waals surface area contributed by atoms with Gasteiger partial charge in [-0.25, -0.2) is 0 Å². The number of hydrogen-bond donors (Lipinski definition) is 2. The van der Waals surface area contributed by atoms with E-state index in [9.17, 15) is 5.11 Å². The Kier molecular flexibility index (Phi) is 3.79. The molecule has 2 aliphatic rings. The van der Waals surface area contributed by atoms with Gasteiger partial charge in [-0.2, -0.15) is 0 Å². The molecule has 3 atom stereocenters. The van der Waals surface area contributed by atoms with Crippen LogP contribution < -0.4 is 5.32 Å². The van der Waals surface area contributed by atoms with Gasteiger partial charge in [0, 0.05) is 6.04 Å². The van der Waals surface area contributed by atoms with E-state index in [0.717, 1.165) is 24.8 Å². The Morgan fingerprint density at radius 3 is 3.05 bits per heavy atom. The van der Waals surface area contributed by atoms with Crippen LogP contribution in [0.1, 0.15) is 56.2 Å². The summed E-state index contributed by atoms with van der Waals surface area (Å²) in [7, 11) is 0. The molecule has 104 valence electrons. The quantitative estimate of drug-likeness (QED) is 0.847. The van der Waals surface area contributed by atoms with Gasteiger partial charge >= 0.3 is 0 Å². The summed E-state index contributed by atoms with van der Waals surface area (Å²) in [5.41, 5.74) is 2.79. The number of phenols is 1. The minimum atomic E-state index is 0.412. The first-order chi connectivity index (χ1) is 9.28. The van der Waals surface area contributed by atoms with Crippen molar-refractivity contribution in [3.8, 4) is 5.75 Å². The van der Waals surface area contributed by atoms with Crippen molar-refractivity contribution in [2.75, 3.05) is 6.54 Å². The van der Waals surface area contributed by atoms with Gasteiger partial charge in [0.25, 0.3) is 0 Å². The summed E-state index contributed by atoms with van der Waals surface area (Å²) in [6.07, 6.45) is 7.88. The molecule has 2 heteroatoms. The fourth-order valence-electron chi connectivity index (χ4n) is 4.00. The number of fused-ring (bicyclic) bond motifs is 1. The van der Waals surface area contributed by atoms with Gasteiger partial charge in [0.05, 0.1) is 0 Å². The predicted molar refractivity (Wildman–Crippen MR) is 78.3 cm³/mol. The van der Waals surface area contributed by atoms with Crippen molar-refractivity contribution in [1.29, 1.82) is 0 Å². The molecule has 3 unspecified atom stereocenters. The summed E-state index contributed by atoms with van der Waals surface area (Å²) in [6, 6.07) is 6.39. The molecule has 0 radical (unpaired) electrons. The second kappa shape index (κ2) is 5.54. The van der Waals surface area contributed by atoms with Crippen LogP contribution in [0.4, 0.5) is 0 Å². The van der Waals surface area contributed by atoms with Crippen LogP contribution in [-0.2, 0) is 6.42 Å². The van der Waals surface area contributed by atoms with Gasteiger partial charge in [0.2, 0.25) is 0 Å². The van der Waals surface area contributed by atoms with E-state index in [1.165, 1.54) is 43.2 Å². The summed E-state index contributed by atoms with van der Waals surface area (Å²) in [6.45, 7) is 3.40. The lowest BCUT2D eigenvalue weighted by Crippen LogP contribution is -2.36. The van der Waals surface area contributed by atoms with Gasteiger partial charge in [-0.15, -0.1) is 0 Å². The van der Waals surface area contributed by atoms with Crippen molar-refractivity contribution >= 4 is 0 Å². The number of hydrogen-bond acceptors (Lipinski definition) is 2. The molecule has 0 bridgehead atoms. The normalized spacial score (nSPS) is 30.9. The minimum Gasteiger partial charge on any atom is -0.508 e. The molecule has 1 saturated carbocycles. The number of benzene rings is 1. The number of aromatic hydroxyl groups is 1. The van der Waals surface area contributed by atoms with Crippen LogP contribution in [0.5, 0.6) is 5.75 Å². The van der Waals surface area contributed by atoms with Crippen molar-refractivity contribution < 1.29 is 5.11 Å². The Morgan fingerprint density at radius 1 is 1.32 bits per heavy atom. The average molecular weight is 259 g/mol. The lowest BCUT2D eigenvalue weighted by atomic mass is 9.73. The topological polar surface area (TPSA) is 32.3 Å². The highest BCUT2D eigenvalue weighted by atomic mass is 16.3. The molecule has 1 aliphatic heterocycles. The zero-order chi connectivity index (χ0) is 13.2. The molecule has 1 aromatic carbocycles. The van der Waals surface area contributed by atoms with E-state index in [-0.39, 0.29) is 0 Å². The number of nitrogens with one attached hydrogen (secondary N) is 1. The molecule has 0 amide bonds. The van der Waals surface area contributed by atoms with E-state index in [2.05, 4.69) is 18.3 Å². The van der Waals surface area contributed by atoms with Gasteiger partial charge in [-0.05, 0) is 60.9 Å². The van der Waals surface area contributed by atoms with Crippen molar-refractivity contribution in [2.45, 2.75) is 51.5 Å². The molecular formula is C17H25NO. The molecular weight excluding hydrogens is 234 g/mol. The smallest absolute Gasteiger partial charge is 0.115 e. The van der Waals surface area contributed by atoms with E-state index in [4.69, 9.17) is 0 Å². The van der Waals surface area contributed by atoms with E-state index in [1.807, 2.05) is 12.1 Å². The highest BCUT2D eigenvalue weighted by Crippen LogP contribution is 2.41. The maximum atomic E-state index is 9.77. The molecule has 3 rings (SSSR count). The van der Waals surface area contributed by atoms with Crippen LogP contribution in [-0.4, -0.2) is 11.7 Å². The molecule has 1 fully saturated rings. The number of phenolic OH excluding ortho intramolecular Hbond substituents is 1. The molecule has 1 heterocycles. The fraction of sp³-hybridized carbons (Fsp3) is 0.647. The Hall–Kier alpha value is -1.02. The van der Waals surface area contributed by atoms with Gasteiger partial charge in [-0.1, -0.05) is 32.3 Å². The first kappa shape index (κ1) is 13.0. The average Bonchev–Trinajstić information content (AvgIpc) is 2.46. The second-order valence-electron chi connectivity index (χ2n) is 6.27. The van der Waals surface area contributed by atoms with Crippen LogP contribution in [0.15, 0.2) is 18.2 Å². The largest absolute Gasteiger partial charge is 0.508 e. The van der Waals surface area contributed by atoms with E-state index in [1.54, 1.807) is 0 Å². The highest BCUT2D eigenvalue weighted by Gasteiger charge is 2.31. The lowest BCUT2D eigenvalue weighted by Gasteiger charge is -2.38. The Morgan fingerprint density at radius 2 is 2.21 bits per heavy atom. The molecule has 2 N–H and O–H groups in total. The molecule has 1 aromatic rings. The summed E-state index contributed by atoms with van der Waals surface area (Å²) in [5.74, 6) is 2.07. The predicted octanol–water partition coefficient (Wildman–Crippen LogP) is 3.80. The molecule has 19 heavy (non-hydrogen) atoms. The van der Waals surface area contributed by atoms with Gasteiger partial charge < -0.3 is 10.4 Å². The maximum absolute atomic E-state index is 9.77. The Labute approximate surface area is 116 Å².